The lowest BCUT2D eigenvalue weighted by atomic mass is 9.97. The molecule has 0 saturated carbocycles. The number of aromatic nitrogens is 1. The van der Waals surface area contributed by atoms with Gasteiger partial charge in [-0.15, -0.1) is 0 Å². The number of hydrogen-bond donors (Lipinski definition) is 0. The molecular weight excluding hydrogens is 394 g/mol. The van der Waals surface area contributed by atoms with Gasteiger partial charge in [0.1, 0.15) is 11.5 Å². The number of carbonyl (C=O) groups excluding carboxylic acids is 1. The minimum atomic E-state index is -1.05. The van der Waals surface area contributed by atoms with Crippen molar-refractivity contribution in [2.24, 2.45) is 0 Å². The summed E-state index contributed by atoms with van der Waals surface area (Å²) in [5.74, 6) is 1.72. The van der Waals surface area contributed by atoms with Gasteiger partial charge in [-0.2, -0.15) is 0 Å². The van der Waals surface area contributed by atoms with Crippen molar-refractivity contribution in [3.05, 3.63) is 84.1 Å². The SMILES string of the molecule is COC(=O)C(C)(Cc1ccc(OCCc2ccc(Oc3ccccc3)cc2)nc1)OC. The Morgan fingerprint density at radius 1 is 0.903 bits per heavy atom. The van der Waals surface area contributed by atoms with Crippen LogP contribution in [0.25, 0.3) is 0 Å². The van der Waals surface area contributed by atoms with Gasteiger partial charge in [-0.05, 0) is 42.3 Å². The van der Waals surface area contributed by atoms with Crippen LogP contribution in [0.3, 0.4) is 0 Å². The standard InChI is InChI=1S/C25H27NO5/c1-25(29-3,24(27)28-2)17-20-11-14-23(26-18-20)30-16-15-19-9-12-22(13-10-19)31-21-7-5-4-6-8-21/h4-14,18H,15-17H2,1-3H3. The summed E-state index contributed by atoms with van der Waals surface area (Å²) < 4.78 is 21.7. The molecule has 0 aliphatic heterocycles. The molecule has 1 aromatic heterocycles. The summed E-state index contributed by atoms with van der Waals surface area (Å²) in [6.45, 7) is 2.20. The van der Waals surface area contributed by atoms with Gasteiger partial charge >= 0.3 is 5.97 Å². The van der Waals surface area contributed by atoms with E-state index in [1.807, 2.05) is 60.7 Å². The Kier molecular flexibility index (Phi) is 7.62. The summed E-state index contributed by atoms with van der Waals surface area (Å²) in [7, 11) is 2.83. The van der Waals surface area contributed by atoms with Crippen LogP contribution < -0.4 is 9.47 Å². The second-order valence-electron chi connectivity index (χ2n) is 7.27. The topological polar surface area (TPSA) is 66.9 Å². The van der Waals surface area contributed by atoms with Gasteiger partial charge in [-0.1, -0.05) is 36.4 Å². The highest BCUT2D eigenvalue weighted by molar-refractivity contribution is 5.79. The monoisotopic (exact) mass is 421 g/mol. The smallest absolute Gasteiger partial charge is 0.338 e. The fraction of sp³-hybridized carbons (Fsp3) is 0.280. The number of hydrogen-bond acceptors (Lipinski definition) is 6. The highest BCUT2D eigenvalue weighted by atomic mass is 16.6. The minimum Gasteiger partial charge on any atom is -0.477 e. The molecule has 6 heteroatoms. The van der Waals surface area contributed by atoms with Crippen LogP contribution in [-0.2, 0) is 27.1 Å². The Balaban J connectivity index is 1.48. The summed E-state index contributed by atoms with van der Waals surface area (Å²) in [4.78, 5) is 16.2. The molecule has 162 valence electrons. The number of benzene rings is 2. The molecule has 0 aliphatic rings. The van der Waals surface area contributed by atoms with Crippen LogP contribution in [0.5, 0.6) is 17.4 Å². The highest BCUT2D eigenvalue weighted by Gasteiger charge is 2.34. The van der Waals surface area contributed by atoms with Crippen molar-refractivity contribution in [3.8, 4) is 17.4 Å². The number of ether oxygens (including phenoxy) is 4. The first kappa shape index (κ1) is 22.3. The van der Waals surface area contributed by atoms with E-state index in [-0.39, 0.29) is 0 Å². The minimum absolute atomic E-state index is 0.362. The number of carbonyl (C=O) groups is 1. The Morgan fingerprint density at radius 3 is 2.19 bits per heavy atom. The summed E-state index contributed by atoms with van der Waals surface area (Å²) in [5, 5.41) is 0. The van der Waals surface area contributed by atoms with Crippen molar-refractivity contribution in [1.29, 1.82) is 0 Å². The van der Waals surface area contributed by atoms with Crippen LogP contribution in [0.1, 0.15) is 18.1 Å². The van der Waals surface area contributed by atoms with Gasteiger partial charge in [0, 0.05) is 32.2 Å². The third kappa shape index (κ3) is 6.30. The van der Waals surface area contributed by atoms with E-state index in [1.165, 1.54) is 14.2 Å². The molecule has 3 rings (SSSR count). The van der Waals surface area contributed by atoms with E-state index < -0.39 is 11.6 Å². The number of nitrogens with zero attached hydrogens (tertiary/aromatic N) is 1. The Hall–Kier alpha value is -3.38. The average molecular weight is 421 g/mol. The van der Waals surface area contributed by atoms with E-state index >= 15 is 0 Å². The highest BCUT2D eigenvalue weighted by Crippen LogP contribution is 2.22. The molecule has 2 aromatic carbocycles. The van der Waals surface area contributed by atoms with Crippen LogP contribution in [0.15, 0.2) is 72.9 Å². The fourth-order valence-electron chi connectivity index (χ4n) is 3.06. The fourth-order valence-corrected chi connectivity index (χ4v) is 3.06. The lowest BCUT2D eigenvalue weighted by Crippen LogP contribution is -2.40. The summed E-state index contributed by atoms with van der Waals surface area (Å²) in [6, 6.07) is 21.3. The number of rotatable bonds is 10. The molecule has 0 N–H and O–H groups in total. The molecule has 0 amide bonds. The molecule has 1 atom stereocenters. The number of esters is 1. The molecule has 1 unspecified atom stereocenters. The summed E-state index contributed by atoms with van der Waals surface area (Å²) in [6.07, 6.45) is 2.80. The van der Waals surface area contributed by atoms with E-state index in [0.29, 0.717) is 18.9 Å². The number of methoxy groups -OCH3 is 2. The van der Waals surface area contributed by atoms with Gasteiger partial charge in [-0.25, -0.2) is 9.78 Å². The zero-order valence-corrected chi connectivity index (χ0v) is 18.0. The lowest BCUT2D eigenvalue weighted by Gasteiger charge is -2.24. The molecule has 6 nitrogen and oxygen atoms in total. The van der Waals surface area contributed by atoms with Gasteiger partial charge in [0.25, 0.3) is 0 Å². The molecule has 3 aromatic rings. The zero-order chi connectivity index (χ0) is 22.1. The van der Waals surface area contributed by atoms with Gasteiger partial charge in [0.2, 0.25) is 5.88 Å². The third-order valence-electron chi connectivity index (χ3n) is 4.95. The first-order valence-corrected chi connectivity index (χ1v) is 10.1. The van der Waals surface area contributed by atoms with Crippen LogP contribution in [0.4, 0.5) is 0 Å². The molecule has 0 bridgehead atoms. The van der Waals surface area contributed by atoms with Crippen molar-refractivity contribution < 1.29 is 23.7 Å². The Labute approximate surface area is 182 Å². The third-order valence-corrected chi connectivity index (χ3v) is 4.95. The maximum Gasteiger partial charge on any atom is 0.338 e. The molecule has 0 spiro atoms. The second kappa shape index (κ2) is 10.6. The maximum absolute atomic E-state index is 11.9. The first-order valence-electron chi connectivity index (χ1n) is 10.1. The number of para-hydroxylation sites is 1. The quantitative estimate of drug-likeness (QED) is 0.445. The van der Waals surface area contributed by atoms with Crippen molar-refractivity contribution in [3.63, 3.8) is 0 Å². The molecule has 0 fully saturated rings. The molecule has 0 aliphatic carbocycles. The summed E-state index contributed by atoms with van der Waals surface area (Å²) >= 11 is 0. The zero-order valence-electron chi connectivity index (χ0n) is 18.0. The lowest BCUT2D eigenvalue weighted by molar-refractivity contribution is -0.163. The normalized spacial score (nSPS) is 12.6. The van der Waals surface area contributed by atoms with Crippen molar-refractivity contribution >= 4 is 5.97 Å². The van der Waals surface area contributed by atoms with E-state index in [1.54, 1.807) is 19.2 Å². The molecule has 31 heavy (non-hydrogen) atoms. The molecule has 0 saturated heterocycles. The van der Waals surface area contributed by atoms with Crippen molar-refractivity contribution in [2.45, 2.75) is 25.4 Å². The molecule has 0 radical (unpaired) electrons. The Bertz CT molecular complexity index is 957. The van der Waals surface area contributed by atoms with Crippen LogP contribution >= 0.6 is 0 Å². The van der Waals surface area contributed by atoms with E-state index in [2.05, 4.69) is 4.98 Å². The van der Waals surface area contributed by atoms with Gasteiger partial charge in [-0.3, -0.25) is 0 Å². The molecular formula is C25H27NO5. The van der Waals surface area contributed by atoms with E-state index in [0.717, 1.165) is 29.0 Å². The van der Waals surface area contributed by atoms with Crippen LogP contribution in [0.2, 0.25) is 0 Å². The van der Waals surface area contributed by atoms with Crippen molar-refractivity contribution in [2.75, 3.05) is 20.8 Å². The predicted molar refractivity (Wildman–Crippen MR) is 118 cm³/mol. The number of pyridine rings is 1. The van der Waals surface area contributed by atoms with E-state index in [9.17, 15) is 4.79 Å². The van der Waals surface area contributed by atoms with Gasteiger partial charge in [0.05, 0.1) is 13.7 Å². The van der Waals surface area contributed by atoms with Crippen LogP contribution in [0, 0.1) is 0 Å². The molecule has 1 heterocycles. The van der Waals surface area contributed by atoms with Gasteiger partial charge < -0.3 is 18.9 Å². The van der Waals surface area contributed by atoms with Crippen LogP contribution in [-0.4, -0.2) is 37.4 Å². The predicted octanol–water partition coefficient (Wildman–Crippen LogP) is 4.62. The van der Waals surface area contributed by atoms with Gasteiger partial charge in [0.15, 0.2) is 5.60 Å². The first-order chi connectivity index (χ1) is 15.0. The maximum atomic E-state index is 11.9. The van der Waals surface area contributed by atoms with E-state index in [4.69, 9.17) is 18.9 Å². The Morgan fingerprint density at radius 2 is 1.58 bits per heavy atom. The largest absolute Gasteiger partial charge is 0.477 e. The average Bonchev–Trinajstić information content (AvgIpc) is 2.81. The second-order valence-corrected chi connectivity index (χ2v) is 7.27. The van der Waals surface area contributed by atoms with Crippen molar-refractivity contribution in [1.82, 2.24) is 4.98 Å². The summed E-state index contributed by atoms with van der Waals surface area (Å²) in [5.41, 5.74) is 0.955.